The van der Waals surface area contributed by atoms with Crippen LogP contribution in [-0.4, -0.2) is 25.0 Å². The van der Waals surface area contributed by atoms with Crippen LogP contribution in [0.2, 0.25) is 0 Å². The first kappa shape index (κ1) is 17.4. The monoisotopic (exact) mass is 328 g/mol. The Morgan fingerprint density at radius 1 is 1.12 bits per heavy atom. The van der Waals surface area contributed by atoms with Crippen LogP contribution >= 0.6 is 0 Å². The van der Waals surface area contributed by atoms with Gasteiger partial charge in [0.1, 0.15) is 11.6 Å². The zero-order valence-electron chi connectivity index (χ0n) is 13.4. The Morgan fingerprint density at radius 2 is 1.83 bits per heavy atom. The molecule has 0 heterocycles. The summed E-state index contributed by atoms with van der Waals surface area (Å²) in [5, 5.41) is 0. The highest BCUT2D eigenvalue weighted by Crippen LogP contribution is 2.14. The van der Waals surface area contributed by atoms with Gasteiger partial charge in [0.05, 0.1) is 7.11 Å². The zero-order valence-corrected chi connectivity index (χ0v) is 13.4. The predicted molar refractivity (Wildman–Crippen MR) is 88.3 cm³/mol. The van der Waals surface area contributed by atoms with Gasteiger partial charge in [0.2, 0.25) is 5.78 Å². The summed E-state index contributed by atoms with van der Waals surface area (Å²) in [6.45, 7) is 1.48. The third-order valence-electron chi connectivity index (χ3n) is 3.30. The van der Waals surface area contributed by atoms with E-state index in [2.05, 4.69) is 0 Å². The quantitative estimate of drug-likeness (QED) is 0.461. The summed E-state index contributed by atoms with van der Waals surface area (Å²) in [5.41, 5.74) is 1.05. The van der Waals surface area contributed by atoms with E-state index in [1.165, 1.54) is 37.3 Å². The Labute approximate surface area is 139 Å². The van der Waals surface area contributed by atoms with Crippen LogP contribution < -0.4 is 4.74 Å². The number of carbonyl (C=O) groups is 2. The van der Waals surface area contributed by atoms with Gasteiger partial charge in [0.25, 0.3) is 0 Å². The Kier molecular flexibility index (Phi) is 5.84. The van der Waals surface area contributed by atoms with Crippen LogP contribution in [0.3, 0.4) is 0 Å². The molecule has 0 saturated heterocycles. The average Bonchev–Trinajstić information content (AvgIpc) is 2.60. The van der Waals surface area contributed by atoms with E-state index in [1.807, 2.05) is 0 Å². The molecule has 0 aliphatic rings. The fraction of sp³-hybridized carbons (Fsp3) is 0.158. The van der Waals surface area contributed by atoms with E-state index in [4.69, 9.17) is 9.47 Å². The lowest BCUT2D eigenvalue weighted by Gasteiger charge is -2.10. The number of hydrogen-bond acceptors (Lipinski definition) is 4. The Morgan fingerprint density at radius 3 is 2.50 bits per heavy atom. The van der Waals surface area contributed by atoms with E-state index in [0.29, 0.717) is 5.75 Å². The molecule has 0 fully saturated rings. The van der Waals surface area contributed by atoms with Crippen molar-refractivity contribution in [2.45, 2.75) is 13.0 Å². The van der Waals surface area contributed by atoms with Crippen molar-refractivity contribution in [1.82, 2.24) is 0 Å². The molecule has 0 aliphatic carbocycles. The second-order valence-electron chi connectivity index (χ2n) is 5.06. The van der Waals surface area contributed by atoms with Crippen molar-refractivity contribution in [3.63, 3.8) is 0 Å². The number of esters is 1. The van der Waals surface area contributed by atoms with E-state index in [9.17, 15) is 14.0 Å². The molecular formula is C19H17FO4. The van der Waals surface area contributed by atoms with Crippen molar-refractivity contribution in [3.8, 4) is 5.75 Å². The molecule has 0 spiro atoms. The Balaban J connectivity index is 1.96. The molecule has 1 atom stereocenters. The summed E-state index contributed by atoms with van der Waals surface area (Å²) in [5.74, 6) is -0.790. The van der Waals surface area contributed by atoms with Crippen molar-refractivity contribution in [3.05, 3.63) is 71.6 Å². The normalized spacial score (nSPS) is 12.0. The number of ether oxygens (including phenoxy) is 2. The van der Waals surface area contributed by atoms with Crippen molar-refractivity contribution in [1.29, 1.82) is 0 Å². The van der Waals surface area contributed by atoms with Crippen molar-refractivity contribution in [2.75, 3.05) is 7.11 Å². The van der Waals surface area contributed by atoms with Crippen LogP contribution in [0.15, 0.2) is 54.6 Å². The number of methoxy groups -OCH3 is 1. The summed E-state index contributed by atoms with van der Waals surface area (Å²) in [7, 11) is 1.56. The summed E-state index contributed by atoms with van der Waals surface area (Å²) in [4.78, 5) is 23.9. The first-order valence-corrected chi connectivity index (χ1v) is 7.32. The lowest BCUT2D eigenvalue weighted by Crippen LogP contribution is -2.23. The zero-order chi connectivity index (χ0) is 17.5. The minimum atomic E-state index is -0.960. The number of carbonyl (C=O) groups excluding carboxylic acids is 2. The minimum absolute atomic E-state index is 0.286. The average molecular weight is 328 g/mol. The maximum Gasteiger partial charge on any atom is 0.331 e. The molecule has 2 rings (SSSR count). The van der Waals surface area contributed by atoms with Gasteiger partial charge in [-0.25, -0.2) is 9.18 Å². The summed E-state index contributed by atoms with van der Waals surface area (Å²) >= 11 is 0. The molecule has 0 N–H and O–H groups in total. The van der Waals surface area contributed by atoms with Gasteiger partial charge in [-0.15, -0.1) is 0 Å². The molecule has 4 nitrogen and oxygen atoms in total. The molecule has 0 saturated carbocycles. The number of halogens is 1. The Bertz CT molecular complexity index is 750. The van der Waals surface area contributed by atoms with E-state index in [1.54, 1.807) is 37.5 Å². The molecule has 2 aromatic rings. The van der Waals surface area contributed by atoms with Gasteiger partial charge < -0.3 is 9.47 Å². The minimum Gasteiger partial charge on any atom is -0.497 e. The lowest BCUT2D eigenvalue weighted by atomic mass is 10.1. The SMILES string of the molecule is COc1cccc(/C=C/C(=O)O[C@@H](C)C(=O)c2ccc(F)cc2)c1. The fourth-order valence-electron chi connectivity index (χ4n) is 2.03. The summed E-state index contributed by atoms with van der Waals surface area (Å²) < 4.78 is 23.0. The highest BCUT2D eigenvalue weighted by molar-refractivity contribution is 6.01. The van der Waals surface area contributed by atoms with Crippen molar-refractivity contribution in [2.24, 2.45) is 0 Å². The smallest absolute Gasteiger partial charge is 0.331 e. The molecule has 0 aliphatic heterocycles. The summed E-state index contributed by atoms with van der Waals surface area (Å²) in [6, 6.07) is 12.2. The largest absolute Gasteiger partial charge is 0.497 e. The summed E-state index contributed by atoms with van der Waals surface area (Å²) in [6.07, 6.45) is 1.85. The van der Waals surface area contributed by atoms with Gasteiger partial charge in [0, 0.05) is 11.6 Å². The first-order chi connectivity index (χ1) is 11.5. The van der Waals surface area contributed by atoms with Crippen LogP contribution in [0.25, 0.3) is 6.08 Å². The maximum atomic E-state index is 12.9. The third-order valence-corrected chi connectivity index (χ3v) is 3.30. The van der Waals surface area contributed by atoms with E-state index in [0.717, 1.165) is 5.56 Å². The van der Waals surface area contributed by atoms with Crippen LogP contribution in [-0.2, 0) is 9.53 Å². The van der Waals surface area contributed by atoms with E-state index in [-0.39, 0.29) is 5.56 Å². The second-order valence-corrected chi connectivity index (χ2v) is 5.06. The molecule has 24 heavy (non-hydrogen) atoms. The van der Waals surface area contributed by atoms with Crippen LogP contribution in [0.4, 0.5) is 4.39 Å². The van der Waals surface area contributed by atoms with Gasteiger partial charge in [-0.05, 0) is 55.0 Å². The molecule has 0 unspecified atom stereocenters. The van der Waals surface area contributed by atoms with E-state index < -0.39 is 23.7 Å². The fourth-order valence-corrected chi connectivity index (χ4v) is 2.03. The standard InChI is InChI=1S/C19H17FO4/c1-13(19(22)15-7-9-16(20)10-8-15)24-18(21)11-6-14-4-3-5-17(12-14)23-2/h3-13H,1-2H3/b11-6+/t13-/m0/s1. The van der Waals surface area contributed by atoms with Crippen LogP contribution in [0, 0.1) is 5.82 Å². The third kappa shape index (κ3) is 4.78. The number of ketones is 1. The van der Waals surface area contributed by atoms with Gasteiger partial charge in [-0.1, -0.05) is 12.1 Å². The van der Waals surface area contributed by atoms with Crippen molar-refractivity contribution < 1.29 is 23.5 Å². The predicted octanol–water partition coefficient (Wildman–Crippen LogP) is 3.66. The molecular weight excluding hydrogens is 311 g/mol. The highest BCUT2D eigenvalue weighted by atomic mass is 19.1. The number of benzene rings is 2. The number of Topliss-reactive ketones (excluding diaryl/α,β-unsaturated/α-hetero) is 1. The Hall–Kier alpha value is -2.95. The number of hydrogen-bond donors (Lipinski definition) is 0. The van der Waals surface area contributed by atoms with E-state index >= 15 is 0 Å². The van der Waals surface area contributed by atoms with Crippen LogP contribution in [0.5, 0.6) is 5.75 Å². The van der Waals surface area contributed by atoms with Gasteiger partial charge in [-0.2, -0.15) is 0 Å². The maximum absolute atomic E-state index is 12.9. The topological polar surface area (TPSA) is 52.6 Å². The molecule has 5 heteroatoms. The molecule has 0 bridgehead atoms. The highest BCUT2D eigenvalue weighted by Gasteiger charge is 2.18. The van der Waals surface area contributed by atoms with Gasteiger partial charge >= 0.3 is 5.97 Å². The molecule has 124 valence electrons. The van der Waals surface area contributed by atoms with Crippen molar-refractivity contribution >= 4 is 17.8 Å². The lowest BCUT2D eigenvalue weighted by molar-refractivity contribution is -0.140. The first-order valence-electron chi connectivity index (χ1n) is 7.32. The molecule has 0 amide bonds. The molecule has 0 aromatic heterocycles. The second kappa shape index (κ2) is 8.06. The van der Waals surface area contributed by atoms with Gasteiger partial charge in [0.15, 0.2) is 6.10 Å². The molecule has 2 aromatic carbocycles. The van der Waals surface area contributed by atoms with Crippen LogP contribution in [0.1, 0.15) is 22.8 Å². The molecule has 0 radical (unpaired) electrons. The van der Waals surface area contributed by atoms with Gasteiger partial charge in [-0.3, -0.25) is 4.79 Å². The number of rotatable bonds is 6.